The second-order valence-corrected chi connectivity index (χ2v) is 5.56. The molecule has 2 rings (SSSR count). The zero-order valence-corrected chi connectivity index (χ0v) is 12.3. The van der Waals surface area contributed by atoms with Gasteiger partial charge in [-0.3, -0.25) is 9.36 Å². The average Bonchev–Trinajstić information content (AvgIpc) is 2.82. The molecule has 0 aliphatic carbocycles. The van der Waals surface area contributed by atoms with Crippen LogP contribution in [0.4, 0.5) is 0 Å². The summed E-state index contributed by atoms with van der Waals surface area (Å²) in [6, 6.07) is 0. The van der Waals surface area contributed by atoms with Crippen molar-refractivity contribution in [3.8, 4) is 0 Å². The van der Waals surface area contributed by atoms with Crippen LogP contribution in [0, 0.1) is 3.57 Å². The first-order valence-corrected chi connectivity index (χ1v) is 7.16. The van der Waals surface area contributed by atoms with E-state index in [1.807, 2.05) is 22.6 Å². The third-order valence-corrected chi connectivity index (χ3v) is 4.47. The maximum absolute atomic E-state index is 11.8. The fourth-order valence-electron chi connectivity index (χ4n) is 1.96. The summed E-state index contributed by atoms with van der Waals surface area (Å²) in [5.74, 6) is 0. The van der Waals surface area contributed by atoms with Gasteiger partial charge in [0.25, 0.3) is 5.56 Å². The number of nitrogens with zero attached hydrogens (tertiary/aromatic N) is 2. The molecule has 0 aromatic carbocycles. The van der Waals surface area contributed by atoms with Crippen molar-refractivity contribution in [2.45, 2.75) is 38.3 Å². The first-order chi connectivity index (χ1) is 8.18. The van der Waals surface area contributed by atoms with Gasteiger partial charge in [-0.1, -0.05) is 11.6 Å². The molecule has 1 aliphatic rings. The molecule has 1 aliphatic heterocycles. The summed E-state index contributed by atoms with van der Waals surface area (Å²) in [4.78, 5) is 15.8. The maximum atomic E-state index is 11.8. The lowest BCUT2D eigenvalue weighted by molar-refractivity contribution is 0.101. The lowest BCUT2D eigenvalue weighted by Crippen LogP contribution is -2.23. The average molecular weight is 369 g/mol. The molecule has 6 heteroatoms. The van der Waals surface area contributed by atoms with Crippen molar-refractivity contribution in [1.82, 2.24) is 9.55 Å². The van der Waals surface area contributed by atoms with E-state index < -0.39 is 0 Å². The van der Waals surface area contributed by atoms with Crippen molar-refractivity contribution < 1.29 is 4.74 Å². The van der Waals surface area contributed by atoms with Crippen LogP contribution >= 0.6 is 34.2 Å². The molecule has 1 aromatic heterocycles. The Balaban J connectivity index is 1.90. The fraction of sp³-hybridized carbons (Fsp3) is 0.636. The first kappa shape index (κ1) is 13.3. The minimum absolute atomic E-state index is 0.0575. The molecule has 0 radical (unpaired) electrons. The van der Waals surface area contributed by atoms with Crippen LogP contribution in [0.1, 0.15) is 25.7 Å². The van der Waals surface area contributed by atoms with Gasteiger partial charge in [-0.15, -0.1) is 0 Å². The van der Waals surface area contributed by atoms with Gasteiger partial charge in [-0.2, -0.15) is 0 Å². The van der Waals surface area contributed by atoms with Gasteiger partial charge < -0.3 is 4.74 Å². The number of rotatable bonds is 4. The van der Waals surface area contributed by atoms with Crippen molar-refractivity contribution in [1.29, 1.82) is 0 Å². The highest BCUT2D eigenvalue weighted by Crippen LogP contribution is 2.17. The van der Waals surface area contributed by atoms with E-state index in [-0.39, 0.29) is 10.7 Å². The molecule has 0 amide bonds. The van der Waals surface area contributed by atoms with E-state index in [1.54, 1.807) is 4.57 Å². The van der Waals surface area contributed by atoms with Crippen molar-refractivity contribution in [2.24, 2.45) is 0 Å². The van der Waals surface area contributed by atoms with Crippen LogP contribution in [0.15, 0.2) is 11.1 Å². The van der Waals surface area contributed by atoms with Crippen LogP contribution in [0.25, 0.3) is 0 Å². The number of aryl methyl sites for hydroxylation is 1. The normalized spacial score (nSPS) is 19.8. The molecule has 0 spiro atoms. The molecule has 4 nitrogen and oxygen atoms in total. The summed E-state index contributed by atoms with van der Waals surface area (Å²) < 4.78 is 7.64. The fourth-order valence-corrected chi connectivity index (χ4v) is 2.54. The van der Waals surface area contributed by atoms with E-state index in [1.165, 1.54) is 6.33 Å². The van der Waals surface area contributed by atoms with Crippen LogP contribution in [-0.2, 0) is 11.3 Å². The van der Waals surface area contributed by atoms with Crippen LogP contribution in [0.2, 0.25) is 5.15 Å². The predicted molar refractivity (Wildman–Crippen MR) is 74.4 cm³/mol. The van der Waals surface area contributed by atoms with Gasteiger partial charge in [0.15, 0.2) is 0 Å². The number of aromatic nitrogens is 2. The molecular weight excluding hydrogens is 354 g/mol. The Bertz CT molecular complexity index is 444. The topological polar surface area (TPSA) is 44.1 Å². The second-order valence-electron chi connectivity index (χ2n) is 4.13. The van der Waals surface area contributed by atoms with Gasteiger partial charge in [0.05, 0.1) is 12.4 Å². The summed E-state index contributed by atoms with van der Waals surface area (Å²) in [7, 11) is 0. The van der Waals surface area contributed by atoms with E-state index in [9.17, 15) is 4.79 Å². The highest BCUT2D eigenvalue weighted by molar-refractivity contribution is 14.1. The monoisotopic (exact) mass is 368 g/mol. The molecule has 0 N–H and O–H groups in total. The third-order valence-electron chi connectivity index (χ3n) is 2.89. The zero-order valence-electron chi connectivity index (χ0n) is 9.36. The number of ether oxygens (including phenoxy) is 1. The van der Waals surface area contributed by atoms with E-state index in [4.69, 9.17) is 16.3 Å². The van der Waals surface area contributed by atoms with Crippen molar-refractivity contribution in [3.05, 3.63) is 25.4 Å². The van der Waals surface area contributed by atoms with Crippen molar-refractivity contribution in [3.63, 3.8) is 0 Å². The summed E-state index contributed by atoms with van der Waals surface area (Å²) in [6.07, 6.45) is 6.14. The summed E-state index contributed by atoms with van der Waals surface area (Å²) in [5, 5.41) is 0.283. The Morgan fingerprint density at radius 2 is 2.47 bits per heavy atom. The van der Waals surface area contributed by atoms with E-state index in [0.29, 0.717) is 16.2 Å². The molecule has 1 saturated heterocycles. The van der Waals surface area contributed by atoms with Crippen LogP contribution in [-0.4, -0.2) is 22.3 Å². The van der Waals surface area contributed by atoms with Crippen molar-refractivity contribution in [2.75, 3.05) is 6.61 Å². The molecule has 17 heavy (non-hydrogen) atoms. The number of hydrogen-bond acceptors (Lipinski definition) is 3. The molecule has 94 valence electrons. The molecule has 1 unspecified atom stereocenters. The Morgan fingerprint density at radius 1 is 1.65 bits per heavy atom. The molecule has 1 aromatic rings. The van der Waals surface area contributed by atoms with Gasteiger partial charge in [0.2, 0.25) is 0 Å². The summed E-state index contributed by atoms with van der Waals surface area (Å²) in [5.41, 5.74) is -0.0575. The van der Waals surface area contributed by atoms with Crippen LogP contribution < -0.4 is 5.56 Å². The highest BCUT2D eigenvalue weighted by atomic mass is 127. The van der Waals surface area contributed by atoms with Crippen molar-refractivity contribution >= 4 is 34.2 Å². The minimum atomic E-state index is -0.0575. The quantitative estimate of drug-likeness (QED) is 0.606. The van der Waals surface area contributed by atoms with Gasteiger partial charge in [-0.25, -0.2) is 4.98 Å². The molecule has 1 fully saturated rings. The van der Waals surface area contributed by atoms with Gasteiger partial charge in [0.1, 0.15) is 8.72 Å². The third kappa shape index (κ3) is 3.42. The molecule has 1 atom stereocenters. The summed E-state index contributed by atoms with van der Waals surface area (Å²) >= 11 is 7.70. The van der Waals surface area contributed by atoms with Gasteiger partial charge in [0, 0.05) is 13.2 Å². The lowest BCUT2D eigenvalue weighted by atomic mass is 10.1. The first-order valence-electron chi connectivity index (χ1n) is 5.70. The summed E-state index contributed by atoms with van der Waals surface area (Å²) in [6.45, 7) is 1.56. The minimum Gasteiger partial charge on any atom is -0.378 e. The van der Waals surface area contributed by atoms with Crippen LogP contribution in [0.5, 0.6) is 0 Å². The maximum Gasteiger partial charge on any atom is 0.268 e. The Morgan fingerprint density at radius 3 is 3.18 bits per heavy atom. The Labute approximate surface area is 118 Å². The largest absolute Gasteiger partial charge is 0.378 e. The molecular formula is C11H14ClIN2O2. The standard InChI is InChI=1S/C11H14ClIN2O2/c12-10-9(13)11(16)15(7-14-10)5-1-3-8-4-2-6-17-8/h7-8H,1-6H2. The van der Waals surface area contributed by atoms with Crippen LogP contribution in [0.3, 0.4) is 0 Å². The van der Waals surface area contributed by atoms with Gasteiger partial charge in [-0.05, 0) is 48.3 Å². The lowest BCUT2D eigenvalue weighted by Gasteiger charge is -2.10. The Kier molecular flexibility index (Phi) is 4.81. The highest BCUT2D eigenvalue weighted by Gasteiger charge is 2.15. The number of hydrogen-bond donors (Lipinski definition) is 0. The van der Waals surface area contributed by atoms with E-state index in [2.05, 4.69) is 4.98 Å². The molecule has 0 saturated carbocycles. The number of halogens is 2. The molecule has 0 bridgehead atoms. The molecule has 2 heterocycles. The second kappa shape index (κ2) is 6.15. The van der Waals surface area contributed by atoms with E-state index >= 15 is 0 Å². The van der Waals surface area contributed by atoms with E-state index in [0.717, 1.165) is 32.3 Å². The zero-order chi connectivity index (χ0) is 12.3. The van der Waals surface area contributed by atoms with Gasteiger partial charge >= 0.3 is 0 Å². The smallest absolute Gasteiger partial charge is 0.268 e. The predicted octanol–water partition coefficient (Wildman–Crippen LogP) is 2.46. The SMILES string of the molecule is O=c1c(I)c(Cl)ncn1CCCC1CCCO1. The Hall–Kier alpha value is -0.140.